The maximum absolute atomic E-state index is 12.6. The second-order valence-electron chi connectivity index (χ2n) is 7.79. The zero-order valence-electron chi connectivity index (χ0n) is 18.4. The fraction of sp³-hybridized carbons (Fsp3) is 0.107. The van der Waals surface area contributed by atoms with Crippen LogP contribution < -0.4 is 10.1 Å². The Morgan fingerprint density at radius 2 is 1.41 bits per heavy atom. The summed E-state index contributed by atoms with van der Waals surface area (Å²) in [6.07, 6.45) is 1.93. The van der Waals surface area contributed by atoms with Crippen LogP contribution in [-0.4, -0.2) is 28.0 Å². The molecule has 0 bridgehead atoms. The number of carbonyl (C=O) groups excluding carboxylic acids is 1. The minimum atomic E-state index is -1.07. The number of carboxylic acids is 1. The summed E-state index contributed by atoms with van der Waals surface area (Å²) in [6, 6.07) is 28.7. The van der Waals surface area contributed by atoms with Crippen molar-refractivity contribution >= 4 is 11.9 Å². The Morgan fingerprint density at radius 3 is 2.00 bits per heavy atom. The lowest BCUT2D eigenvalue weighted by atomic mass is 10.0. The molecular weight excluding hydrogens is 428 g/mol. The molecule has 3 aromatic carbocycles. The van der Waals surface area contributed by atoms with Crippen LogP contribution in [0, 0.1) is 0 Å². The summed E-state index contributed by atoms with van der Waals surface area (Å²) in [4.78, 5) is 28.6. The molecule has 4 aromatic rings. The van der Waals surface area contributed by atoms with Crippen LogP contribution in [0.25, 0.3) is 11.1 Å². The summed E-state index contributed by atoms with van der Waals surface area (Å²) in [5.74, 6) is -0.978. The highest BCUT2D eigenvalue weighted by Gasteiger charge is 2.21. The van der Waals surface area contributed by atoms with Gasteiger partial charge in [0.1, 0.15) is 12.6 Å². The zero-order chi connectivity index (χ0) is 23.8. The molecule has 0 aliphatic carbocycles. The van der Waals surface area contributed by atoms with Gasteiger partial charge in [0.25, 0.3) is 5.91 Å². The molecule has 6 heteroatoms. The third kappa shape index (κ3) is 6.07. The Labute approximate surface area is 197 Å². The Bertz CT molecular complexity index is 1230. The molecule has 170 valence electrons. The molecule has 6 nitrogen and oxygen atoms in total. The molecule has 0 radical (unpaired) electrons. The van der Waals surface area contributed by atoms with Gasteiger partial charge in [-0.25, -0.2) is 9.78 Å². The largest absolute Gasteiger partial charge is 0.480 e. The Balaban J connectivity index is 1.37. The normalized spacial score (nSPS) is 11.4. The van der Waals surface area contributed by atoms with E-state index in [-0.39, 0.29) is 6.42 Å². The standard InChI is InChI=1S/C28H24N2O4/c31-27(30-25(28(32)33)17-20-7-3-1-4-8-20)23-13-11-22(12-14-23)24-15-16-26(29-18-24)34-19-21-9-5-2-6-10-21/h1-16,18,25H,17,19H2,(H,30,31)(H,32,33). The molecule has 0 aliphatic rings. The van der Waals surface area contributed by atoms with Crippen LogP contribution in [0.1, 0.15) is 21.5 Å². The van der Waals surface area contributed by atoms with Crippen molar-refractivity contribution in [1.82, 2.24) is 10.3 Å². The molecule has 0 spiro atoms. The number of hydrogen-bond donors (Lipinski definition) is 2. The van der Waals surface area contributed by atoms with Gasteiger partial charge in [0.2, 0.25) is 5.88 Å². The van der Waals surface area contributed by atoms with Crippen molar-refractivity contribution in [1.29, 1.82) is 0 Å². The van der Waals surface area contributed by atoms with E-state index in [0.717, 1.165) is 22.3 Å². The number of nitrogens with one attached hydrogen (secondary N) is 1. The third-order valence-electron chi connectivity index (χ3n) is 5.33. The van der Waals surface area contributed by atoms with Gasteiger partial charge in [-0.1, -0.05) is 72.8 Å². The summed E-state index contributed by atoms with van der Waals surface area (Å²) in [6.45, 7) is 0.443. The van der Waals surface area contributed by atoms with E-state index in [1.807, 2.05) is 78.9 Å². The number of carboxylic acid groups (broad SMARTS) is 1. The van der Waals surface area contributed by atoms with Gasteiger partial charge in [-0.15, -0.1) is 0 Å². The smallest absolute Gasteiger partial charge is 0.326 e. The van der Waals surface area contributed by atoms with Crippen LogP contribution in [0.2, 0.25) is 0 Å². The van der Waals surface area contributed by atoms with E-state index in [4.69, 9.17) is 4.74 Å². The van der Waals surface area contributed by atoms with E-state index in [1.54, 1.807) is 24.4 Å². The Morgan fingerprint density at radius 1 is 0.794 bits per heavy atom. The first-order valence-electron chi connectivity index (χ1n) is 10.9. The van der Waals surface area contributed by atoms with Gasteiger partial charge in [0.05, 0.1) is 0 Å². The van der Waals surface area contributed by atoms with Crippen molar-refractivity contribution in [3.8, 4) is 17.0 Å². The lowest BCUT2D eigenvalue weighted by Gasteiger charge is -2.15. The van der Waals surface area contributed by atoms with Crippen molar-refractivity contribution in [2.24, 2.45) is 0 Å². The van der Waals surface area contributed by atoms with Gasteiger partial charge < -0.3 is 15.2 Å². The van der Waals surface area contributed by atoms with Crippen LogP contribution in [0.5, 0.6) is 5.88 Å². The molecule has 1 amide bonds. The minimum Gasteiger partial charge on any atom is -0.480 e. The van der Waals surface area contributed by atoms with E-state index >= 15 is 0 Å². The predicted octanol–water partition coefficient (Wildman–Crippen LogP) is 4.75. The van der Waals surface area contributed by atoms with E-state index in [1.165, 1.54) is 0 Å². The van der Waals surface area contributed by atoms with Gasteiger partial charge >= 0.3 is 5.97 Å². The molecule has 0 aliphatic heterocycles. The van der Waals surface area contributed by atoms with Crippen molar-refractivity contribution in [3.05, 3.63) is 120 Å². The van der Waals surface area contributed by atoms with Crippen molar-refractivity contribution < 1.29 is 19.4 Å². The maximum Gasteiger partial charge on any atom is 0.326 e. The fourth-order valence-corrected chi connectivity index (χ4v) is 3.47. The molecule has 1 unspecified atom stereocenters. The number of amides is 1. The number of nitrogens with zero attached hydrogens (tertiary/aromatic N) is 1. The van der Waals surface area contributed by atoms with Crippen LogP contribution >= 0.6 is 0 Å². The van der Waals surface area contributed by atoms with E-state index in [0.29, 0.717) is 18.1 Å². The number of benzene rings is 3. The number of rotatable bonds is 9. The third-order valence-corrected chi connectivity index (χ3v) is 5.33. The maximum atomic E-state index is 12.6. The Hall–Kier alpha value is -4.45. The molecular formula is C28H24N2O4. The molecule has 4 rings (SSSR count). The van der Waals surface area contributed by atoms with E-state index in [2.05, 4.69) is 10.3 Å². The molecule has 34 heavy (non-hydrogen) atoms. The van der Waals surface area contributed by atoms with Crippen LogP contribution in [0.15, 0.2) is 103 Å². The first-order valence-corrected chi connectivity index (χ1v) is 10.9. The first kappa shape index (κ1) is 22.7. The topological polar surface area (TPSA) is 88.5 Å². The second kappa shape index (κ2) is 10.9. The van der Waals surface area contributed by atoms with Gasteiger partial charge in [-0.05, 0) is 34.9 Å². The second-order valence-corrected chi connectivity index (χ2v) is 7.79. The molecule has 2 N–H and O–H groups in total. The highest BCUT2D eigenvalue weighted by Crippen LogP contribution is 2.21. The van der Waals surface area contributed by atoms with Crippen molar-refractivity contribution in [2.75, 3.05) is 0 Å². The molecule has 1 atom stereocenters. The fourth-order valence-electron chi connectivity index (χ4n) is 3.47. The number of aliphatic carboxylic acids is 1. The lowest BCUT2D eigenvalue weighted by Crippen LogP contribution is -2.42. The summed E-state index contributed by atoms with van der Waals surface area (Å²) < 4.78 is 5.72. The number of carbonyl (C=O) groups is 2. The average Bonchev–Trinajstić information content (AvgIpc) is 2.88. The lowest BCUT2D eigenvalue weighted by molar-refractivity contribution is -0.139. The van der Waals surface area contributed by atoms with Crippen molar-refractivity contribution in [3.63, 3.8) is 0 Å². The highest BCUT2D eigenvalue weighted by molar-refractivity contribution is 5.97. The molecule has 1 aromatic heterocycles. The van der Waals surface area contributed by atoms with E-state index in [9.17, 15) is 14.7 Å². The quantitative estimate of drug-likeness (QED) is 0.383. The molecule has 0 saturated carbocycles. The van der Waals surface area contributed by atoms with Gasteiger partial charge in [0.15, 0.2) is 0 Å². The van der Waals surface area contributed by atoms with Gasteiger partial charge in [0, 0.05) is 29.8 Å². The van der Waals surface area contributed by atoms with Crippen LogP contribution in [0.3, 0.4) is 0 Å². The Kier molecular flexibility index (Phi) is 7.30. The monoisotopic (exact) mass is 452 g/mol. The summed E-state index contributed by atoms with van der Waals surface area (Å²) >= 11 is 0. The van der Waals surface area contributed by atoms with Gasteiger partial charge in [-0.2, -0.15) is 0 Å². The summed E-state index contributed by atoms with van der Waals surface area (Å²) in [5, 5.41) is 12.1. The minimum absolute atomic E-state index is 0.213. The SMILES string of the molecule is O=C(NC(Cc1ccccc1)C(=O)O)c1ccc(-c2ccc(OCc3ccccc3)nc2)cc1. The summed E-state index contributed by atoms with van der Waals surface area (Å²) in [7, 11) is 0. The molecule has 1 heterocycles. The summed E-state index contributed by atoms with van der Waals surface area (Å²) in [5.41, 5.74) is 4.06. The number of ether oxygens (including phenoxy) is 1. The molecule has 0 fully saturated rings. The van der Waals surface area contributed by atoms with Gasteiger partial charge in [-0.3, -0.25) is 4.79 Å². The first-order chi connectivity index (χ1) is 16.6. The van der Waals surface area contributed by atoms with Crippen LogP contribution in [0.4, 0.5) is 0 Å². The van der Waals surface area contributed by atoms with Crippen molar-refractivity contribution in [2.45, 2.75) is 19.1 Å². The van der Waals surface area contributed by atoms with E-state index < -0.39 is 17.9 Å². The number of aromatic nitrogens is 1. The molecule has 0 saturated heterocycles. The predicted molar refractivity (Wildman–Crippen MR) is 129 cm³/mol. The zero-order valence-corrected chi connectivity index (χ0v) is 18.4. The van der Waals surface area contributed by atoms with Crippen LogP contribution in [-0.2, 0) is 17.8 Å². The average molecular weight is 453 g/mol. The number of hydrogen-bond acceptors (Lipinski definition) is 4. The highest BCUT2D eigenvalue weighted by atomic mass is 16.5. The number of pyridine rings is 1.